The van der Waals surface area contributed by atoms with Crippen LogP contribution in [0.25, 0.3) is 5.57 Å². The van der Waals surface area contributed by atoms with Crippen LogP contribution in [0.1, 0.15) is 43.0 Å². The molecule has 0 aromatic carbocycles. The molecule has 1 amide bonds. The van der Waals surface area contributed by atoms with Gasteiger partial charge in [0.25, 0.3) is 5.91 Å². The van der Waals surface area contributed by atoms with Gasteiger partial charge in [-0.15, -0.1) is 0 Å². The first-order valence-corrected chi connectivity index (χ1v) is 6.85. The third kappa shape index (κ3) is 3.96. The van der Waals surface area contributed by atoms with E-state index in [1.807, 2.05) is 5.32 Å². The smallest absolute Gasteiger partial charge is 0.337 e. The molecule has 0 bridgehead atoms. The van der Waals surface area contributed by atoms with Crippen molar-refractivity contribution in [3.05, 3.63) is 23.8 Å². The van der Waals surface area contributed by atoms with Crippen LogP contribution in [0.3, 0.4) is 0 Å². The first-order valence-electron chi connectivity index (χ1n) is 6.85. The maximum atomic E-state index is 12.9. The molecule has 1 aliphatic carbocycles. The minimum absolute atomic E-state index is 0.166. The Morgan fingerprint density at radius 3 is 2.64 bits per heavy atom. The lowest BCUT2D eigenvalue weighted by Gasteiger charge is -2.20. The van der Waals surface area contributed by atoms with Crippen molar-refractivity contribution < 1.29 is 18.0 Å². The molecule has 2 rings (SSSR count). The summed E-state index contributed by atoms with van der Waals surface area (Å²) in [6, 6.07) is -1.82. The number of aromatic amines is 1. The minimum Gasteiger partial charge on any atom is -0.337 e. The first kappa shape index (κ1) is 16.3. The van der Waals surface area contributed by atoms with Gasteiger partial charge in [0.2, 0.25) is 0 Å². The summed E-state index contributed by atoms with van der Waals surface area (Å²) in [5, 5.41) is 9.37. The van der Waals surface area contributed by atoms with Crippen molar-refractivity contribution in [2.24, 2.45) is 5.92 Å². The number of allylic oxidation sites excluding steroid dienone is 2. The topological polar surface area (TPSA) is 81.6 Å². The van der Waals surface area contributed by atoms with E-state index in [2.05, 4.69) is 9.97 Å². The lowest BCUT2D eigenvalue weighted by atomic mass is 10.2. The molecule has 1 aromatic heterocycles. The number of alkyl halides is 3. The molecule has 1 heterocycles. The molecule has 3 N–H and O–H groups in total. The standard InChI is InChI=1S/C14H17F3N4O/c1-7(5-8(2)18)10-6-19-12(20-10)13(22)21-11(9-3-4-9)14(15,16)17/h5-6,9,11,18H,3-4H2,1-2H3,(H,19,20)(H,21,22)/b7-5-,18-8?. The van der Waals surface area contributed by atoms with Crippen LogP contribution in [0.4, 0.5) is 13.2 Å². The fraction of sp³-hybridized carbons (Fsp3) is 0.500. The average Bonchev–Trinajstić information content (AvgIpc) is 3.08. The highest BCUT2D eigenvalue weighted by molar-refractivity contribution is 5.97. The summed E-state index contributed by atoms with van der Waals surface area (Å²) in [6.07, 6.45) is -0.594. The first-order chi connectivity index (χ1) is 10.2. The van der Waals surface area contributed by atoms with Gasteiger partial charge < -0.3 is 15.7 Å². The van der Waals surface area contributed by atoms with Gasteiger partial charge in [0.1, 0.15) is 6.04 Å². The van der Waals surface area contributed by atoms with Gasteiger partial charge in [0.05, 0.1) is 11.9 Å². The molecule has 1 saturated carbocycles. The summed E-state index contributed by atoms with van der Waals surface area (Å²) < 4.78 is 38.7. The summed E-state index contributed by atoms with van der Waals surface area (Å²) in [7, 11) is 0. The fourth-order valence-electron chi connectivity index (χ4n) is 2.15. The second kappa shape index (κ2) is 5.94. The molecule has 1 aliphatic rings. The Morgan fingerprint density at radius 2 is 2.14 bits per heavy atom. The summed E-state index contributed by atoms with van der Waals surface area (Å²) >= 11 is 0. The van der Waals surface area contributed by atoms with E-state index in [-0.39, 0.29) is 5.82 Å². The Morgan fingerprint density at radius 1 is 1.50 bits per heavy atom. The number of carbonyl (C=O) groups is 1. The van der Waals surface area contributed by atoms with Crippen LogP contribution in [-0.2, 0) is 0 Å². The zero-order valence-corrected chi connectivity index (χ0v) is 12.2. The van der Waals surface area contributed by atoms with Gasteiger partial charge in [-0.3, -0.25) is 4.79 Å². The van der Waals surface area contributed by atoms with Gasteiger partial charge in [-0.1, -0.05) is 0 Å². The molecular formula is C14H17F3N4O. The highest BCUT2D eigenvalue weighted by atomic mass is 19.4. The largest absolute Gasteiger partial charge is 0.408 e. The van der Waals surface area contributed by atoms with E-state index in [1.54, 1.807) is 19.9 Å². The summed E-state index contributed by atoms with van der Waals surface area (Å²) in [4.78, 5) is 18.4. The average molecular weight is 314 g/mol. The number of halogens is 3. The zero-order valence-electron chi connectivity index (χ0n) is 12.2. The van der Waals surface area contributed by atoms with Gasteiger partial charge in [0.15, 0.2) is 5.82 Å². The van der Waals surface area contributed by atoms with Crippen molar-refractivity contribution in [1.82, 2.24) is 15.3 Å². The van der Waals surface area contributed by atoms with E-state index in [9.17, 15) is 18.0 Å². The molecular weight excluding hydrogens is 297 g/mol. The highest BCUT2D eigenvalue weighted by Gasteiger charge is 2.49. The number of amides is 1. The SMILES string of the molecule is CC(=N)/C=C(/C)c1cnc(C(=O)NC(C2CC2)C(F)(F)F)[nH]1. The zero-order chi connectivity index (χ0) is 16.5. The van der Waals surface area contributed by atoms with Gasteiger partial charge in [0, 0.05) is 5.71 Å². The Bertz CT molecular complexity index is 614. The molecule has 8 heteroatoms. The van der Waals surface area contributed by atoms with Crippen molar-refractivity contribution in [3.63, 3.8) is 0 Å². The Labute approximate surface area is 125 Å². The molecule has 1 atom stereocenters. The normalized spacial score (nSPS) is 17.2. The lowest BCUT2D eigenvalue weighted by Crippen LogP contribution is -2.47. The Kier molecular flexibility index (Phi) is 4.39. The number of H-pyrrole nitrogens is 1. The van der Waals surface area contributed by atoms with Crippen LogP contribution in [-0.4, -0.2) is 33.8 Å². The third-order valence-corrected chi connectivity index (χ3v) is 3.38. The number of hydrogen-bond donors (Lipinski definition) is 3. The summed E-state index contributed by atoms with van der Waals surface area (Å²) in [6.45, 7) is 3.31. The van der Waals surface area contributed by atoms with Crippen LogP contribution in [0.5, 0.6) is 0 Å². The monoisotopic (exact) mass is 314 g/mol. The third-order valence-electron chi connectivity index (χ3n) is 3.38. The van der Waals surface area contributed by atoms with Gasteiger partial charge >= 0.3 is 6.18 Å². The molecule has 5 nitrogen and oxygen atoms in total. The number of rotatable bonds is 5. The van der Waals surface area contributed by atoms with E-state index in [4.69, 9.17) is 5.41 Å². The molecule has 0 spiro atoms. The number of nitrogens with one attached hydrogen (secondary N) is 3. The molecule has 0 aliphatic heterocycles. The van der Waals surface area contributed by atoms with E-state index in [0.29, 0.717) is 29.8 Å². The molecule has 1 unspecified atom stereocenters. The van der Waals surface area contributed by atoms with Crippen molar-refractivity contribution >= 4 is 17.2 Å². The van der Waals surface area contributed by atoms with E-state index in [1.165, 1.54) is 6.20 Å². The molecule has 0 saturated heterocycles. The van der Waals surface area contributed by atoms with Crippen molar-refractivity contribution in [3.8, 4) is 0 Å². The molecule has 120 valence electrons. The van der Waals surface area contributed by atoms with E-state index < -0.39 is 24.0 Å². The predicted octanol–water partition coefficient (Wildman–Crippen LogP) is 2.92. The number of aromatic nitrogens is 2. The fourth-order valence-corrected chi connectivity index (χ4v) is 2.15. The quantitative estimate of drug-likeness (QED) is 0.730. The second-order valence-electron chi connectivity index (χ2n) is 5.49. The minimum atomic E-state index is -4.46. The lowest BCUT2D eigenvalue weighted by molar-refractivity contribution is -0.158. The van der Waals surface area contributed by atoms with Crippen LogP contribution in [0.15, 0.2) is 12.3 Å². The second-order valence-corrected chi connectivity index (χ2v) is 5.49. The van der Waals surface area contributed by atoms with Crippen LogP contribution < -0.4 is 5.32 Å². The maximum Gasteiger partial charge on any atom is 0.408 e. The van der Waals surface area contributed by atoms with Crippen LogP contribution >= 0.6 is 0 Å². The van der Waals surface area contributed by atoms with Gasteiger partial charge in [-0.25, -0.2) is 4.98 Å². The number of carbonyl (C=O) groups excluding carboxylic acids is 1. The van der Waals surface area contributed by atoms with Crippen molar-refractivity contribution in [1.29, 1.82) is 5.41 Å². The van der Waals surface area contributed by atoms with Gasteiger partial charge in [-0.2, -0.15) is 13.2 Å². The Balaban J connectivity index is 2.10. The van der Waals surface area contributed by atoms with Crippen LogP contribution in [0, 0.1) is 11.3 Å². The van der Waals surface area contributed by atoms with E-state index in [0.717, 1.165) is 0 Å². The highest BCUT2D eigenvalue weighted by Crippen LogP contribution is 2.40. The Hall–Kier alpha value is -2.12. The summed E-state index contributed by atoms with van der Waals surface area (Å²) in [5.74, 6) is -1.58. The number of imidazole rings is 1. The number of nitrogens with zero attached hydrogens (tertiary/aromatic N) is 1. The molecule has 1 fully saturated rings. The van der Waals surface area contributed by atoms with Crippen LogP contribution in [0.2, 0.25) is 0 Å². The molecule has 0 radical (unpaired) electrons. The van der Waals surface area contributed by atoms with Gasteiger partial charge in [-0.05, 0) is 44.3 Å². The van der Waals surface area contributed by atoms with Crippen molar-refractivity contribution in [2.75, 3.05) is 0 Å². The molecule has 22 heavy (non-hydrogen) atoms. The maximum absolute atomic E-state index is 12.9. The number of hydrogen-bond acceptors (Lipinski definition) is 3. The predicted molar refractivity (Wildman–Crippen MR) is 75.7 cm³/mol. The molecule has 1 aromatic rings. The van der Waals surface area contributed by atoms with E-state index >= 15 is 0 Å². The van der Waals surface area contributed by atoms with Crippen molar-refractivity contribution in [2.45, 2.75) is 38.9 Å². The summed E-state index contributed by atoms with van der Waals surface area (Å²) in [5.41, 5.74) is 1.49.